The summed E-state index contributed by atoms with van der Waals surface area (Å²) in [6, 6.07) is 1.98. The number of hydrogen-bond acceptors (Lipinski definition) is 5. The van der Waals surface area contributed by atoms with Crippen molar-refractivity contribution < 1.29 is 4.79 Å². The van der Waals surface area contributed by atoms with E-state index in [9.17, 15) is 4.79 Å². The fourth-order valence-corrected chi connectivity index (χ4v) is 2.32. The highest BCUT2D eigenvalue weighted by Gasteiger charge is 2.20. The quantitative estimate of drug-likeness (QED) is 0.454. The van der Waals surface area contributed by atoms with E-state index >= 15 is 0 Å². The van der Waals surface area contributed by atoms with Gasteiger partial charge in [-0.3, -0.25) is 0 Å². The molecule has 86 valence electrons. The molecule has 1 aliphatic heterocycles. The molecule has 16 heavy (non-hydrogen) atoms. The molecule has 0 aliphatic carbocycles. The molecule has 1 aliphatic rings. The van der Waals surface area contributed by atoms with Crippen molar-refractivity contribution in [3.63, 3.8) is 0 Å². The Morgan fingerprint density at radius 1 is 1.56 bits per heavy atom. The first-order valence-corrected chi connectivity index (χ1v) is 6.62. The highest BCUT2D eigenvalue weighted by atomic mass is 32.2. The van der Waals surface area contributed by atoms with Crippen molar-refractivity contribution in [1.82, 2.24) is 9.97 Å². The van der Waals surface area contributed by atoms with Crippen LogP contribution in [0.2, 0.25) is 0 Å². The lowest BCUT2D eigenvalue weighted by Crippen LogP contribution is -2.36. The molecular weight excluding hydrogens is 222 g/mol. The monoisotopic (exact) mass is 237 g/mol. The molecule has 4 nitrogen and oxygen atoms in total. The lowest BCUT2D eigenvalue weighted by Gasteiger charge is -2.31. The van der Waals surface area contributed by atoms with Gasteiger partial charge in [0.05, 0.1) is 0 Å². The number of piperidine rings is 1. The molecule has 1 aromatic heterocycles. The topological polar surface area (TPSA) is 46.1 Å². The van der Waals surface area contributed by atoms with E-state index in [1.807, 2.05) is 12.3 Å². The van der Waals surface area contributed by atoms with Crippen molar-refractivity contribution in [2.45, 2.75) is 17.9 Å². The van der Waals surface area contributed by atoms with Crippen LogP contribution in [0.4, 0.5) is 5.82 Å². The molecule has 1 aromatic rings. The predicted octanol–water partition coefficient (Wildman–Crippen LogP) is 1.61. The first-order chi connectivity index (χ1) is 7.83. The standard InChI is InChI=1S/C11H15N3OS/c1-16-11-5-10(12-8-13-11)14-4-2-3-9(6-14)7-15/h5,7-9H,2-4,6H2,1H3. The Morgan fingerprint density at radius 2 is 2.44 bits per heavy atom. The van der Waals surface area contributed by atoms with Crippen LogP contribution in [0, 0.1) is 5.92 Å². The molecule has 1 atom stereocenters. The predicted molar refractivity (Wildman–Crippen MR) is 64.8 cm³/mol. The van der Waals surface area contributed by atoms with Crippen molar-refractivity contribution in [2.24, 2.45) is 5.92 Å². The van der Waals surface area contributed by atoms with Gasteiger partial charge < -0.3 is 9.69 Å². The van der Waals surface area contributed by atoms with Crippen molar-refractivity contribution in [3.8, 4) is 0 Å². The third kappa shape index (κ3) is 2.52. The summed E-state index contributed by atoms with van der Waals surface area (Å²) in [6.07, 6.45) is 6.70. The van der Waals surface area contributed by atoms with Gasteiger partial charge in [-0.2, -0.15) is 0 Å². The second-order valence-corrected chi connectivity index (χ2v) is 4.73. The van der Waals surface area contributed by atoms with Gasteiger partial charge in [0, 0.05) is 25.1 Å². The highest BCUT2D eigenvalue weighted by molar-refractivity contribution is 7.98. The van der Waals surface area contributed by atoms with Gasteiger partial charge in [-0.15, -0.1) is 11.8 Å². The van der Waals surface area contributed by atoms with Crippen LogP contribution in [-0.2, 0) is 4.79 Å². The fourth-order valence-electron chi connectivity index (χ4n) is 1.94. The Hall–Kier alpha value is -1.10. The Morgan fingerprint density at radius 3 is 3.19 bits per heavy atom. The van der Waals surface area contributed by atoms with Crippen LogP contribution in [0.1, 0.15) is 12.8 Å². The number of anilines is 1. The first kappa shape index (κ1) is 11.4. The molecular formula is C11H15N3OS. The summed E-state index contributed by atoms with van der Waals surface area (Å²) in [5, 5.41) is 0.971. The molecule has 0 aromatic carbocycles. The molecule has 0 N–H and O–H groups in total. The van der Waals surface area contributed by atoms with Crippen LogP contribution in [0.3, 0.4) is 0 Å². The molecule has 0 amide bonds. The minimum Gasteiger partial charge on any atom is -0.356 e. The summed E-state index contributed by atoms with van der Waals surface area (Å²) in [5.74, 6) is 1.09. The van der Waals surface area contributed by atoms with E-state index in [0.29, 0.717) is 0 Å². The molecule has 2 rings (SSSR count). The van der Waals surface area contributed by atoms with Crippen molar-refractivity contribution in [1.29, 1.82) is 0 Å². The molecule has 0 bridgehead atoms. The molecule has 1 fully saturated rings. The number of carbonyl (C=O) groups is 1. The highest BCUT2D eigenvalue weighted by Crippen LogP contribution is 2.22. The van der Waals surface area contributed by atoms with Crippen molar-refractivity contribution in [2.75, 3.05) is 24.2 Å². The third-order valence-corrected chi connectivity index (χ3v) is 3.45. The van der Waals surface area contributed by atoms with Crippen LogP contribution in [0.15, 0.2) is 17.4 Å². The number of thioether (sulfide) groups is 1. The van der Waals surface area contributed by atoms with Crippen LogP contribution in [-0.4, -0.2) is 35.6 Å². The van der Waals surface area contributed by atoms with E-state index in [1.54, 1.807) is 18.1 Å². The first-order valence-electron chi connectivity index (χ1n) is 5.39. The van der Waals surface area contributed by atoms with Gasteiger partial charge in [-0.1, -0.05) is 0 Å². The normalized spacial score (nSPS) is 20.8. The lowest BCUT2D eigenvalue weighted by molar-refractivity contribution is -0.111. The van der Waals surface area contributed by atoms with Gasteiger partial charge in [0.15, 0.2) is 0 Å². The Kier molecular flexibility index (Phi) is 3.77. The largest absolute Gasteiger partial charge is 0.356 e. The Bertz CT molecular complexity index is 372. The summed E-state index contributed by atoms with van der Waals surface area (Å²) in [7, 11) is 0. The average molecular weight is 237 g/mol. The minimum atomic E-state index is 0.154. The second kappa shape index (κ2) is 5.30. The molecule has 0 saturated carbocycles. The van der Waals surface area contributed by atoms with Crippen molar-refractivity contribution >= 4 is 23.9 Å². The van der Waals surface area contributed by atoms with E-state index in [0.717, 1.165) is 43.1 Å². The van der Waals surface area contributed by atoms with E-state index in [-0.39, 0.29) is 5.92 Å². The number of aromatic nitrogens is 2. The molecule has 1 saturated heterocycles. The maximum atomic E-state index is 10.8. The smallest absolute Gasteiger partial charge is 0.133 e. The molecule has 2 heterocycles. The SMILES string of the molecule is CSc1cc(N2CCCC(C=O)C2)ncn1. The van der Waals surface area contributed by atoms with Gasteiger partial charge in [0.2, 0.25) is 0 Å². The van der Waals surface area contributed by atoms with Gasteiger partial charge in [-0.05, 0) is 19.1 Å². The zero-order chi connectivity index (χ0) is 11.4. The number of carbonyl (C=O) groups excluding carboxylic acids is 1. The van der Waals surface area contributed by atoms with Gasteiger partial charge in [0.1, 0.15) is 23.5 Å². The Labute approximate surface area is 99.5 Å². The summed E-state index contributed by atoms with van der Waals surface area (Å²) in [6.45, 7) is 1.77. The van der Waals surface area contributed by atoms with Gasteiger partial charge in [0.25, 0.3) is 0 Å². The molecule has 1 unspecified atom stereocenters. The van der Waals surface area contributed by atoms with Crippen molar-refractivity contribution in [3.05, 3.63) is 12.4 Å². The number of nitrogens with zero attached hydrogens (tertiary/aromatic N) is 3. The summed E-state index contributed by atoms with van der Waals surface area (Å²) >= 11 is 1.61. The second-order valence-electron chi connectivity index (χ2n) is 3.90. The number of hydrogen-bond donors (Lipinski definition) is 0. The summed E-state index contributed by atoms with van der Waals surface area (Å²) < 4.78 is 0. The lowest BCUT2D eigenvalue weighted by atomic mass is 10.00. The van der Waals surface area contributed by atoms with E-state index in [1.165, 1.54) is 0 Å². The number of aldehydes is 1. The van der Waals surface area contributed by atoms with Crippen LogP contribution >= 0.6 is 11.8 Å². The van der Waals surface area contributed by atoms with Gasteiger partial charge >= 0.3 is 0 Å². The average Bonchev–Trinajstić information content (AvgIpc) is 2.39. The molecule has 0 radical (unpaired) electrons. The summed E-state index contributed by atoms with van der Waals surface area (Å²) in [4.78, 5) is 21.4. The van der Waals surface area contributed by atoms with Crippen LogP contribution in [0.5, 0.6) is 0 Å². The minimum absolute atomic E-state index is 0.154. The van der Waals surface area contributed by atoms with E-state index in [2.05, 4.69) is 14.9 Å². The molecule has 0 spiro atoms. The number of rotatable bonds is 3. The fraction of sp³-hybridized carbons (Fsp3) is 0.545. The maximum absolute atomic E-state index is 10.8. The van der Waals surface area contributed by atoms with E-state index < -0.39 is 0 Å². The Balaban J connectivity index is 2.13. The van der Waals surface area contributed by atoms with Crippen LogP contribution < -0.4 is 4.90 Å². The summed E-state index contributed by atoms with van der Waals surface area (Å²) in [5.41, 5.74) is 0. The van der Waals surface area contributed by atoms with Crippen LogP contribution in [0.25, 0.3) is 0 Å². The van der Waals surface area contributed by atoms with E-state index in [4.69, 9.17) is 0 Å². The molecule has 5 heteroatoms. The maximum Gasteiger partial charge on any atom is 0.133 e. The van der Waals surface area contributed by atoms with Gasteiger partial charge in [-0.25, -0.2) is 9.97 Å². The zero-order valence-corrected chi connectivity index (χ0v) is 10.1. The third-order valence-electron chi connectivity index (χ3n) is 2.81. The zero-order valence-electron chi connectivity index (χ0n) is 9.30.